The van der Waals surface area contributed by atoms with E-state index in [1.165, 1.54) is 0 Å². The number of carbonyl (C=O) groups is 1. The highest BCUT2D eigenvalue weighted by molar-refractivity contribution is 5.95. The quantitative estimate of drug-likeness (QED) is 0.679. The normalized spacial score (nSPS) is 14.1. The Morgan fingerprint density at radius 3 is 2.76 bits per heavy atom. The number of hydrogen-bond donors (Lipinski definition) is 3. The molecule has 1 aromatic rings. The highest BCUT2D eigenvalue weighted by Crippen LogP contribution is 2.15. The average molecular weight is 236 g/mol. The van der Waals surface area contributed by atoms with E-state index in [0.29, 0.717) is 17.7 Å². The maximum absolute atomic E-state index is 12.0. The molecular formula is C13H20N2O2. The summed E-state index contributed by atoms with van der Waals surface area (Å²) in [6, 6.07) is 6.86. The van der Waals surface area contributed by atoms with E-state index in [1.54, 1.807) is 24.3 Å². The summed E-state index contributed by atoms with van der Waals surface area (Å²) in [7, 11) is 0. The number of rotatable bonds is 5. The maximum atomic E-state index is 12.0. The highest BCUT2D eigenvalue weighted by atomic mass is 16.3. The first-order chi connectivity index (χ1) is 8.00. The van der Waals surface area contributed by atoms with Crippen molar-refractivity contribution in [3.05, 3.63) is 29.8 Å². The molecule has 0 fully saturated rings. The summed E-state index contributed by atoms with van der Waals surface area (Å²) in [4.78, 5) is 12.0. The van der Waals surface area contributed by atoms with Crippen molar-refractivity contribution in [2.75, 3.05) is 12.3 Å². The van der Waals surface area contributed by atoms with Crippen molar-refractivity contribution >= 4 is 11.6 Å². The minimum Gasteiger partial charge on any atom is -0.399 e. The molecule has 0 bridgehead atoms. The molecule has 0 aliphatic heterocycles. The largest absolute Gasteiger partial charge is 0.399 e. The third kappa shape index (κ3) is 3.75. The summed E-state index contributed by atoms with van der Waals surface area (Å²) in [5.74, 6) is -0.157. The van der Waals surface area contributed by atoms with E-state index in [4.69, 9.17) is 10.8 Å². The van der Waals surface area contributed by atoms with Crippen LogP contribution in [-0.4, -0.2) is 23.2 Å². The Morgan fingerprint density at radius 1 is 1.53 bits per heavy atom. The Hall–Kier alpha value is -1.55. The van der Waals surface area contributed by atoms with Gasteiger partial charge in [-0.25, -0.2) is 0 Å². The summed E-state index contributed by atoms with van der Waals surface area (Å²) < 4.78 is 0. The van der Waals surface area contributed by atoms with Gasteiger partial charge in [0.25, 0.3) is 5.91 Å². The van der Waals surface area contributed by atoms with E-state index < -0.39 is 0 Å². The number of carbonyl (C=O) groups excluding carboxylic acids is 1. The topological polar surface area (TPSA) is 75.3 Å². The second kappa shape index (κ2) is 5.68. The SMILES string of the molecule is CCC(C)(CCO)NC(=O)c1cccc(N)c1. The number of benzene rings is 1. The van der Waals surface area contributed by atoms with Gasteiger partial charge in [-0.15, -0.1) is 0 Å². The lowest BCUT2D eigenvalue weighted by atomic mass is 9.94. The van der Waals surface area contributed by atoms with Crippen LogP contribution in [-0.2, 0) is 0 Å². The van der Waals surface area contributed by atoms with Gasteiger partial charge in [0.2, 0.25) is 0 Å². The lowest BCUT2D eigenvalue weighted by Crippen LogP contribution is -2.46. The van der Waals surface area contributed by atoms with Gasteiger partial charge in [0, 0.05) is 23.4 Å². The average Bonchev–Trinajstić information content (AvgIpc) is 2.29. The molecule has 0 heterocycles. The summed E-state index contributed by atoms with van der Waals surface area (Å²) in [5, 5.41) is 11.9. The lowest BCUT2D eigenvalue weighted by Gasteiger charge is -2.29. The van der Waals surface area contributed by atoms with Crippen LogP contribution in [0.15, 0.2) is 24.3 Å². The van der Waals surface area contributed by atoms with Gasteiger partial charge in [0.15, 0.2) is 0 Å². The smallest absolute Gasteiger partial charge is 0.251 e. The molecule has 4 heteroatoms. The molecule has 94 valence electrons. The molecule has 17 heavy (non-hydrogen) atoms. The number of nitrogens with one attached hydrogen (secondary N) is 1. The van der Waals surface area contributed by atoms with Gasteiger partial charge in [0.1, 0.15) is 0 Å². The van der Waals surface area contributed by atoms with Crippen LogP contribution in [0.3, 0.4) is 0 Å². The number of aliphatic hydroxyl groups excluding tert-OH is 1. The Labute approximate surface area is 102 Å². The van der Waals surface area contributed by atoms with E-state index in [9.17, 15) is 4.79 Å². The minimum absolute atomic E-state index is 0.0571. The number of aliphatic hydroxyl groups is 1. The van der Waals surface area contributed by atoms with E-state index in [2.05, 4.69) is 5.32 Å². The Kier molecular flexibility index (Phi) is 4.52. The molecule has 0 aromatic heterocycles. The van der Waals surface area contributed by atoms with Crippen molar-refractivity contribution in [2.24, 2.45) is 0 Å². The van der Waals surface area contributed by atoms with Gasteiger partial charge in [-0.2, -0.15) is 0 Å². The number of hydrogen-bond acceptors (Lipinski definition) is 3. The second-order valence-corrected chi connectivity index (χ2v) is 4.47. The number of nitrogen functional groups attached to an aromatic ring is 1. The van der Waals surface area contributed by atoms with Crippen LogP contribution >= 0.6 is 0 Å². The number of nitrogens with two attached hydrogens (primary N) is 1. The maximum Gasteiger partial charge on any atom is 0.251 e. The Balaban J connectivity index is 2.77. The Morgan fingerprint density at radius 2 is 2.24 bits per heavy atom. The molecule has 0 aliphatic carbocycles. The fourth-order valence-corrected chi connectivity index (χ4v) is 1.60. The van der Waals surface area contributed by atoms with Gasteiger partial charge >= 0.3 is 0 Å². The summed E-state index contributed by atoms with van der Waals surface area (Å²) in [6.45, 7) is 3.96. The van der Waals surface area contributed by atoms with Crippen molar-refractivity contribution in [3.63, 3.8) is 0 Å². The fraction of sp³-hybridized carbons (Fsp3) is 0.462. The van der Waals surface area contributed by atoms with Gasteiger partial charge < -0.3 is 16.2 Å². The first-order valence-electron chi connectivity index (χ1n) is 5.79. The van der Waals surface area contributed by atoms with Gasteiger partial charge in [-0.1, -0.05) is 13.0 Å². The molecule has 0 aliphatic rings. The van der Waals surface area contributed by atoms with Crippen molar-refractivity contribution in [1.29, 1.82) is 0 Å². The molecule has 0 spiro atoms. The van der Waals surface area contributed by atoms with Gasteiger partial charge in [0.05, 0.1) is 0 Å². The zero-order chi connectivity index (χ0) is 12.9. The zero-order valence-corrected chi connectivity index (χ0v) is 10.4. The summed E-state index contributed by atoms with van der Waals surface area (Å²) in [5.41, 5.74) is 6.36. The van der Waals surface area contributed by atoms with Crippen LogP contribution in [0.25, 0.3) is 0 Å². The van der Waals surface area contributed by atoms with Crippen LogP contribution < -0.4 is 11.1 Å². The summed E-state index contributed by atoms with van der Waals surface area (Å²) in [6.07, 6.45) is 1.30. The molecule has 4 N–H and O–H groups in total. The van der Waals surface area contributed by atoms with Crippen molar-refractivity contribution in [2.45, 2.75) is 32.2 Å². The molecule has 1 unspecified atom stereocenters. The fourth-order valence-electron chi connectivity index (χ4n) is 1.60. The molecule has 1 amide bonds. The molecule has 1 rings (SSSR count). The predicted molar refractivity (Wildman–Crippen MR) is 68.7 cm³/mol. The third-order valence-corrected chi connectivity index (χ3v) is 3.01. The molecule has 1 aromatic carbocycles. The molecule has 0 radical (unpaired) electrons. The van der Waals surface area contributed by atoms with Crippen LogP contribution in [0, 0.1) is 0 Å². The van der Waals surface area contributed by atoms with Crippen molar-refractivity contribution in [3.8, 4) is 0 Å². The zero-order valence-electron chi connectivity index (χ0n) is 10.4. The van der Waals surface area contributed by atoms with Crippen LogP contribution in [0.4, 0.5) is 5.69 Å². The number of amides is 1. The minimum atomic E-state index is -0.379. The summed E-state index contributed by atoms with van der Waals surface area (Å²) >= 11 is 0. The third-order valence-electron chi connectivity index (χ3n) is 3.01. The highest BCUT2D eigenvalue weighted by Gasteiger charge is 2.24. The van der Waals surface area contributed by atoms with Crippen LogP contribution in [0.2, 0.25) is 0 Å². The van der Waals surface area contributed by atoms with E-state index in [1.807, 2.05) is 13.8 Å². The standard InChI is InChI=1S/C13H20N2O2/c1-3-13(2,7-8-16)15-12(17)10-5-4-6-11(14)9-10/h4-6,9,16H,3,7-8,14H2,1-2H3,(H,15,17). The van der Waals surface area contributed by atoms with Gasteiger partial charge in [-0.05, 0) is 38.0 Å². The second-order valence-electron chi connectivity index (χ2n) is 4.47. The Bertz CT molecular complexity index is 393. The first kappa shape index (κ1) is 13.5. The van der Waals surface area contributed by atoms with E-state index in [0.717, 1.165) is 6.42 Å². The van der Waals surface area contributed by atoms with Crippen molar-refractivity contribution in [1.82, 2.24) is 5.32 Å². The lowest BCUT2D eigenvalue weighted by molar-refractivity contribution is 0.0886. The van der Waals surface area contributed by atoms with E-state index in [-0.39, 0.29) is 18.1 Å². The monoisotopic (exact) mass is 236 g/mol. The van der Waals surface area contributed by atoms with E-state index >= 15 is 0 Å². The van der Waals surface area contributed by atoms with Crippen molar-refractivity contribution < 1.29 is 9.90 Å². The molecule has 1 atom stereocenters. The van der Waals surface area contributed by atoms with Crippen LogP contribution in [0.5, 0.6) is 0 Å². The molecule has 4 nitrogen and oxygen atoms in total. The predicted octanol–water partition coefficient (Wildman–Crippen LogP) is 1.55. The van der Waals surface area contributed by atoms with Crippen LogP contribution in [0.1, 0.15) is 37.0 Å². The molecule has 0 saturated heterocycles. The number of anilines is 1. The van der Waals surface area contributed by atoms with Gasteiger partial charge in [-0.3, -0.25) is 4.79 Å². The molecular weight excluding hydrogens is 216 g/mol. The molecule has 0 saturated carbocycles. The first-order valence-corrected chi connectivity index (χ1v) is 5.79.